The molecule has 108 valence electrons. The predicted molar refractivity (Wildman–Crippen MR) is 78.1 cm³/mol. The summed E-state index contributed by atoms with van der Waals surface area (Å²) in [5.41, 5.74) is 6.04. The molecule has 0 fully saturated rings. The lowest BCUT2D eigenvalue weighted by Crippen LogP contribution is -2.30. The zero-order chi connectivity index (χ0) is 14.8. The summed E-state index contributed by atoms with van der Waals surface area (Å²) in [4.78, 5) is 13.1. The van der Waals surface area contributed by atoms with Crippen LogP contribution in [0.1, 0.15) is 37.4 Å². The van der Waals surface area contributed by atoms with E-state index in [1.165, 1.54) is 4.68 Å². The summed E-state index contributed by atoms with van der Waals surface area (Å²) in [6.45, 7) is 5.79. The van der Waals surface area contributed by atoms with E-state index >= 15 is 0 Å². The Bertz CT molecular complexity index is 570. The van der Waals surface area contributed by atoms with Crippen molar-refractivity contribution >= 4 is 17.2 Å². The van der Waals surface area contributed by atoms with Gasteiger partial charge in [0.2, 0.25) is 5.91 Å². The molecule has 0 saturated heterocycles. The fourth-order valence-electron chi connectivity index (χ4n) is 1.71. The molecule has 0 saturated carbocycles. The molecule has 0 aromatic carbocycles. The number of carbonyl (C=O) groups is 1. The minimum absolute atomic E-state index is 0.00330. The van der Waals surface area contributed by atoms with Crippen molar-refractivity contribution in [3.63, 3.8) is 0 Å². The molecule has 20 heavy (non-hydrogen) atoms. The van der Waals surface area contributed by atoms with E-state index in [2.05, 4.69) is 15.6 Å². The Morgan fingerprint density at radius 2 is 2.35 bits per heavy atom. The van der Waals surface area contributed by atoms with Gasteiger partial charge in [-0.2, -0.15) is 0 Å². The summed E-state index contributed by atoms with van der Waals surface area (Å²) in [5, 5.41) is 12.8. The third kappa shape index (κ3) is 3.64. The molecule has 0 radical (unpaired) electrons. The fourth-order valence-corrected chi connectivity index (χ4v) is 2.45. The van der Waals surface area contributed by atoms with E-state index in [0.717, 1.165) is 4.88 Å². The van der Waals surface area contributed by atoms with Crippen LogP contribution in [-0.2, 0) is 16.9 Å². The smallest absolute Gasteiger partial charge is 0.242 e. The van der Waals surface area contributed by atoms with Crippen LogP contribution in [0.2, 0.25) is 0 Å². The van der Waals surface area contributed by atoms with Gasteiger partial charge in [-0.15, -0.1) is 16.4 Å². The van der Waals surface area contributed by atoms with Gasteiger partial charge in [0.25, 0.3) is 0 Å². The van der Waals surface area contributed by atoms with Crippen molar-refractivity contribution in [2.24, 2.45) is 5.73 Å². The van der Waals surface area contributed by atoms with Gasteiger partial charge in [-0.3, -0.25) is 4.79 Å². The molecule has 2 rings (SSSR count). The zero-order valence-corrected chi connectivity index (χ0v) is 12.6. The van der Waals surface area contributed by atoms with Crippen LogP contribution in [0.15, 0.2) is 23.7 Å². The maximum atomic E-state index is 12.0. The summed E-state index contributed by atoms with van der Waals surface area (Å²) < 4.78 is 1.50. The molecule has 0 aliphatic carbocycles. The van der Waals surface area contributed by atoms with E-state index in [9.17, 15) is 4.79 Å². The van der Waals surface area contributed by atoms with E-state index < -0.39 is 5.54 Å². The molecule has 0 bridgehead atoms. The number of nitrogens with zero attached hydrogens (tertiary/aromatic N) is 3. The van der Waals surface area contributed by atoms with Crippen LogP contribution >= 0.6 is 11.3 Å². The SMILES string of the molecule is CC(NC(=O)Cn1cc(C(C)(C)N)nn1)c1cccs1. The van der Waals surface area contributed by atoms with Gasteiger partial charge in [0.1, 0.15) is 12.2 Å². The van der Waals surface area contributed by atoms with E-state index in [1.807, 2.05) is 38.3 Å². The van der Waals surface area contributed by atoms with Crippen molar-refractivity contribution in [1.29, 1.82) is 0 Å². The van der Waals surface area contributed by atoms with Gasteiger partial charge in [0.05, 0.1) is 17.8 Å². The summed E-state index contributed by atoms with van der Waals surface area (Å²) in [6.07, 6.45) is 1.70. The van der Waals surface area contributed by atoms with Crippen molar-refractivity contribution in [3.05, 3.63) is 34.3 Å². The number of thiophene rings is 1. The van der Waals surface area contributed by atoms with Crippen LogP contribution in [0.3, 0.4) is 0 Å². The molecule has 0 spiro atoms. The molecular weight excluding hydrogens is 274 g/mol. The molecule has 1 atom stereocenters. The minimum atomic E-state index is -0.557. The highest BCUT2D eigenvalue weighted by molar-refractivity contribution is 7.10. The summed E-state index contributed by atoms with van der Waals surface area (Å²) in [5.74, 6) is -0.0998. The van der Waals surface area contributed by atoms with Crippen molar-refractivity contribution in [3.8, 4) is 0 Å². The van der Waals surface area contributed by atoms with E-state index in [4.69, 9.17) is 5.73 Å². The van der Waals surface area contributed by atoms with Crippen molar-refractivity contribution < 1.29 is 4.79 Å². The zero-order valence-electron chi connectivity index (χ0n) is 11.8. The maximum Gasteiger partial charge on any atom is 0.242 e. The molecule has 6 nitrogen and oxygen atoms in total. The van der Waals surface area contributed by atoms with E-state index in [1.54, 1.807) is 17.5 Å². The minimum Gasteiger partial charge on any atom is -0.347 e. The van der Waals surface area contributed by atoms with Crippen LogP contribution in [0.5, 0.6) is 0 Å². The Kier molecular flexibility index (Phi) is 4.20. The summed E-state index contributed by atoms with van der Waals surface area (Å²) >= 11 is 1.62. The van der Waals surface area contributed by atoms with Gasteiger partial charge in [0.15, 0.2) is 0 Å². The Balaban J connectivity index is 1.93. The predicted octanol–water partition coefficient (Wildman–Crippen LogP) is 1.41. The number of hydrogen-bond donors (Lipinski definition) is 2. The van der Waals surface area contributed by atoms with E-state index in [0.29, 0.717) is 5.69 Å². The average molecular weight is 293 g/mol. The molecule has 0 aliphatic rings. The Hall–Kier alpha value is -1.73. The van der Waals surface area contributed by atoms with Crippen LogP contribution < -0.4 is 11.1 Å². The van der Waals surface area contributed by atoms with Crippen LogP contribution in [0.4, 0.5) is 0 Å². The van der Waals surface area contributed by atoms with Gasteiger partial charge < -0.3 is 11.1 Å². The fraction of sp³-hybridized carbons (Fsp3) is 0.462. The number of nitrogens with two attached hydrogens (primary N) is 1. The molecule has 2 aromatic heterocycles. The lowest BCUT2D eigenvalue weighted by atomic mass is 10.0. The van der Waals surface area contributed by atoms with Crippen LogP contribution in [0, 0.1) is 0 Å². The van der Waals surface area contributed by atoms with Crippen molar-refractivity contribution in [1.82, 2.24) is 20.3 Å². The first-order chi connectivity index (χ1) is 9.36. The molecular formula is C13H19N5OS. The second-order valence-corrected chi connectivity index (χ2v) is 6.31. The molecule has 1 unspecified atom stereocenters. The number of hydrogen-bond acceptors (Lipinski definition) is 5. The Labute approximate surface area is 122 Å². The van der Waals surface area contributed by atoms with Gasteiger partial charge in [0, 0.05) is 4.88 Å². The highest BCUT2D eigenvalue weighted by atomic mass is 32.1. The van der Waals surface area contributed by atoms with Gasteiger partial charge in [-0.05, 0) is 32.2 Å². The highest BCUT2D eigenvalue weighted by Gasteiger charge is 2.19. The molecule has 7 heteroatoms. The second kappa shape index (κ2) is 5.72. The van der Waals surface area contributed by atoms with Crippen LogP contribution in [-0.4, -0.2) is 20.9 Å². The lowest BCUT2D eigenvalue weighted by molar-refractivity contribution is -0.122. The number of amides is 1. The van der Waals surface area contributed by atoms with Crippen molar-refractivity contribution in [2.45, 2.75) is 38.9 Å². The first kappa shape index (κ1) is 14.7. The van der Waals surface area contributed by atoms with Gasteiger partial charge in [-0.1, -0.05) is 11.3 Å². The molecule has 1 amide bonds. The van der Waals surface area contributed by atoms with Gasteiger partial charge in [-0.25, -0.2) is 4.68 Å². The Morgan fingerprint density at radius 3 is 2.90 bits per heavy atom. The van der Waals surface area contributed by atoms with Crippen molar-refractivity contribution in [2.75, 3.05) is 0 Å². The standard InChI is InChI=1S/C13H19N5OS/c1-9(10-5-4-6-20-10)15-12(19)8-18-7-11(16-17-18)13(2,3)14/h4-7,9H,8,14H2,1-3H3,(H,15,19). The largest absolute Gasteiger partial charge is 0.347 e. The number of rotatable bonds is 5. The topological polar surface area (TPSA) is 85.8 Å². The summed E-state index contributed by atoms with van der Waals surface area (Å²) in [6, 6.07) is 3.96. The normalized spacial score (nSPS) is 13.2. The average Bonchev–Trinajstić information content (AvgIpc) is 2.97. The first-order valence-electron chi connectivity index (χ1n) is 6.38. The highest BCUT2D eigenvalue weighted by Crippen LogP contribution is 2.18. The monoisotopic (exact) mass is 293 g/mol. The van der Waals surface area contributed by atoms with Crippen LogP contribution in [0.25, 0.3) is 0 Å². The Morgan fingerprint density at radius 1 is 1.60 bits per heavy atom. The molecule has 3 N–H and O–H groups in total. The summed E-state index contributed by atoms with van der Waals surface area (Å²) in [7, 11) is 0. The maximum absolute atomic E-state index is 12.0. The van der Waals surface area contributed by atoms with E-state index in [-0.39, 0.29) is 18.5 Å². The third-order valence-corrected chi connectivity index (χ3v) is 3.91. The lowest BCUT2D eigenvalue weighted by Gasteiger charge is -2.13. The second-order valence-electron chi connectivity index (χ2n) is 5.33. The van der Waals surface area contributed by atoms with Gasteiger partial charge >= 0.3 is 0 Å². The quantitative estimate of drug-likeness (QED) is 0.872. The molecule has 2 heterocycles. The number of nitrogens with one attached hydrogen (secondary N) is 1. The molecule has 2 aromatic rings. The third-order valence-electron chi connectivity index (χ3n) is 2.85. The first-order valence-corrected chi connectivity index (χ1v) is 7.26. The molecule has 0 aliphatic heterocycles. The number of carbonyl (C=O) groups excluding carboxylic acids is 1. The number of aromatic nitrogens is 3.